The Hall–Kier alpha value is -2.48. The Kier molecular flexibility index (Phi) is 3.49. The van der Waals surface area contributed by atoms with Gasteiger partial charge < -0.3 is 15.4 Å². The number of pyridine rings is 1. The van der Waals surface area contributed by atoms with Crippen LogP contribution in [0, 0.1) is 0 Å². The van der Waals surface area contributed by atoms with E-state index in [2.05, 4.69) is 15.9 Å². The molecule has 24 heavy (non-hydrogen) atoms. The molecule has 0 atom stereocenters. The van der Waals surface area contributed by atoms with Crippen molar-refractivity contribution < 1.29 is 19.1 Å². The van der Waals surface area contributed by atoms with Crippen LogP contribution in [-0.2, 0) is 19.9 Å². The maximum Gasteiger partial charge on any atom is 0.305 e. The van der Waals surface area contributed by atoms with Crippen molar-refractivity contribution in [3.63, 3.8) is 0 Å². The highest BCUT2D eigenvalue weighted by atomic mass is 32.1. The summed E-state index contributed by atoms with van der Waals surface area (Å²) in [6.07, 6.45) is 5.43. The first kappa shape index (κ1) is 15.1. The number of carbonyl (C=O) groups excluding carboxylic acids is 1. The molecule has 0 amide bonds. The molecule has 4 rings (SSSR count). The molecule has 3 aromatic heterocycles. The summed E-state index contributed by atoms with van der Waals surface area (Å²) in [6, 6.07) is 2.05. The molecule has 0 saturated carbocycles. The lowest BCUT2D eigenvalue weighted by atomic mass is 10.1. The molecule has 2 N–H and O–H groups in total. The zero-order valence-electron chi connectivity index (χ0n) is 13.2. The smallest absolute Gasteiger partial charge is 0.305 e. The van der Waals surface area contributed by atoms with Gasteiger partial charge in [0.1, 0.15) is 9.71 Å². The molecule has 1 aliphatic rings. The van der Waals surface area contributed by atoms with Crippen LogP contribution in [-0.4, -0.2) is 16.0 Å². The number of carbonyl (C=O) groups is 1. The topological polar surface area (TPSA) is 109 Å². The van der Waals surface area contributed by atoms with Gasteiger partial charge >= 0.3 is 5.69 Å². The molecular weight excluding hydrogens is 328 g/mol. The van der Waals surface area contributed by atoms with Gasteiger partial charge in [0, 0.05) is 11.1 Å². The van der Waals surface area contributed by atoms with Crippen molar-refractivity contribution in [2.24, 2.45) is 7.05 Å². The van der Waals surface area contributed by atoms with Crippen LogP contribution in [0.2, 0.25) is 0 Å². The van der Waals surface area contributed by atoms with Gasteiger partial charge in [-0.3, -0.25) is 4.79 Å². The molecule has 0 fully saturated rings. The van der Waals surface area contributed by atoms with Gasteiger partial charge in [0.25, 0.3) is 5.78 Å². The fraction of sp³-hybridized carbons (Fsp3) is 0.375. The molecular formula is C16H16N4O3S. The Labute approximate surface area is 141 Å². The number of anilines is 1. The average molecular weight is 344 g/mol. The van der Waals surface area contributed by atoms with Crippen LogP contribution in [0.25, 0.3) is 10.2 Å². The first-order valence-electron chi connectivity index (χ1n) is 7.84. The quantitative estimate of drug-likeness (QED) is 0.426. The molecule has 124 valence electrons. The van der Waals surface area contributed by atoms with Crippen molar-refractivity contribution in [2.45, 2.75) is 32.1 Å². The fourth-order valence-electron chi connectivity index (χ4n) is 3.17. The maximum atomic E-state index is 12.7. The van der Waals surface area contributed by atoms with E-state index in [0.717, 1.165) is 46.3 Å². The number of fused-ring (bicyclic) bond motifs is 2. The Morgan fingerprint density at radius 1 is 1.38 bits per heavy atom. The molecule has 0 bridgehead atoms. The molecule has 0 aliphatic heterocycles. The number of thiophene rings is 1. The fourth-order valence-corrected chi connectivity index (χ4v) is 4.20. The van der Waals surface area contributed by atoms with E-state index in [4.69, 9.17) is 10.7 Å². The number of nitrogens with two attached hydrogens (primary N) is 1. The molecule has 0 saturated heterocycles. The minimum Gasteiger partial charge on any atom is -0.539 e. The van der Waals surface area contributed by atoms with Crippen LogP contribution in [0.3, 0.4) is 0 Å². The zero-order chi connectivity index (χ0) is 16.8. The molecule has 0 spiro atoms. The van der Waals surface area contributed by atoms with Crippen molar-refractivity contribution in [1.29, 1.82) is 0 Å². The second kappa shape index (κ2) is 5.55. The lowest BCUT2D eigenvalue weighted by Crippen LogP contribution is -2.37. The summed E-state index contributed by atoms with van der Waals surface area (Å²) >= 11 is 1.22. The van der Waals surface area contributed by atoms with E-state index in [1.807, 2.05) is 0 Å². The number of nitrogens with zero attached hydrogens (tertiary/aromatic N) is 3. The largest absolute Gasteiger partial charge is 0.539 e. The van der Waals surface area contributed by atoms with Gasteiger partial charge in [-0.25, -0.2) is 4.98 Å². The van der Waals surface area contributed by atoms with Crippen molar-refractivity contribution in [3.8, 4) is 5.95 Å². The molecule has 0 radical (unpaired) electrons. The van der Waals surface area contributed by atoms with Gasteiger partial charge in [0.05, 0.1) is 11.0 Å². The third-order valence-electron chi connectivity index (χ3n) is 4.43. The van der Waals surface area contributed by atoms with Gasteiger partial charge in [0.15, 0.2) is 13.0 Å². The predicted molar refractivity (Wildman–Crippen MR) is 85.8 cm³/mol. The molecule has 3 heterocycles. The van der Waals surface area contributed by atoms with E-state index >= 15 is 0 Å². The summed E-state index contributed by atoms with van der Waals surface area (Å²) in [6.45, 7) is 0. The SMILES string of the molecule is C[n+]1noc([O-])c1C(=O)c1sc2nc3c(cc2c1N)CCCCC3. The molecule has 0 unspecified atom stereocenters. The van der Waals surface area contributed by atoms with Crippen LogP contribution in [0.1, 0.15) is 45.9 Å². The Bertz CT molecular complexity index is 941. The van der Waals surface area contributed by atoms with Crippen LogP contribution in [0.4, 0.5) is 5.69 Å². The number of ketones is 1. The van der Waals surface area contributed by atoms with Crippen LogP contribution < -0.4 is 15.5 Å². The summed E-state index contributed by atoms with van der Waals surface area (Å²) in [5.41, 5.74) is 8.76. The summed E-state index contributed by atoms with van der Waals surface area (Å²) in [5.74, 6) is -1.23. The average Bonchev–Trinajstić information content (AvgIpc) is 2.95. The lowest BCUT2D eigenvalue weighted by molar-refractivity contribution is -0.741. The van der Waals surface area contributed by atoms with Crippen molar-refractivity contribution >= 4 is 33.0 Å². The van der Waals surface area contributed by atoms with Crippen LogP contribution in [0.15, 0.2) is 10.6 Å². The lowest BCUT2D eigenvalue weighted by Gasteiger charge is -2.04. The van der Waals surface area contributed by atoms with Gasteiger partial charge in [-0.1, -0.05) is 11.1 Å². The van der Waals surface area contributed by atoms with E-state index in [-0.39, 0.29) is 5.69 Å². The molecule has 0 aromatic carbocycles. The standard InChI is InChI=1S/C16H16N4O3S/c1-20-12(16(22)23-19-20)13(21)14-11(17)9-7-8-5-3-2-4-6-10(8)18-15(9)24-14/h7H,2-6H2,1H3,(H2-,17,19,21,22). The number of aromatic nitrogens is 3. The molecule has 3 aromatic rings. The number of nitrogen functional groups attached to an aromatic ring is 1. The highest BCUT2D eigenvalue weighted by molar-refractivity contribution is 7.21. The summed E-state index contributed by atoms with van der Waals surface area (Å²) in [5, 5.41) is 16.0. The van der Waals surface area contributed by atoms with Gasteiger partial charge in [-0.2, -0.15) is 0 Å². The first-order valence-corrected chi connectivity index (χ1v) is 8.66. The van der Waals surface area contributed by atoms with Crippen molar-refractivity contribution in [2.75, 3.05) is 5.73 Å². The monoisotopic (exact) mass is 344 g/mol. The van der Waals surface area contributed by atoms with Crippen LogP contribution in [0.5, 0.6) is 5.95 Å². The number of rotatable bonds is 2. The first-order chi connectivity index (χ1) is 11.6. The van der Waals surface area contributed by atoms with Crippen LogP contribution >= 0.6 is 11.3 Å². The summed E-state index contributed by atoms with van der Waals surface area (Å²) in [4.78, 5) is 18.5. The highest BCUT2D eigenvalue weighted by Gasteiger charge is 2.29. The van der Waals surface area contributed by atoms with Gasteiger partial charge in [-0.15, -0.1) is 11.3 Å². The Morgan fingerprint density at radius 2 is 2.17 bits per heavy atom. The number of aryl methyl sites for hydroxylation is 3. The minimum absolute atomic E-state index is 0.130. The number of hydrogen-bond donors (Lipinski definition) is 1. The van der Waals surface area contributed by atoms with E-state index in [1.54, 1.807) is 0 Å². The highest BCUT2D eigenvalue weighted by Crippen LogP contribution is 2.36. The number of hydrogen-bond acceptors (Lipinski definition) is 7. The third kappa shape index (κ3) is 2.25. The van der Waals surface area contributed by atoms with E-state index in [9.17, 15) is 9.90 Å². The Balaban J connectivity index is 1.86. The third-order valence-corrected chi connectivity index (χ3v) is 5.55. The van der Waals surface area contributed by atoms with E-state index in [0.29, 0.717) is 10.6 Å². The molecule has 8 heteroatoms. The Morgan fingerprint density at radius 3 is 2.92 bits per heavy atom. The second-order valence-corrected chi connectivity index (χ2v) is 7.01. The van der Waals surface area contributed by atoms with Crippen molar-refractivity contribution in [3.05, 3.63) is 27.9 Å². The van der Waals surface area contributed by atoms with Gasteiger partial charge in [-0.05, 0) is 37.3 Å². The van der Waals surface area contributed by atoms with Crippen molar-refractivity contribution in [1.82, 2.24) is 10.3 Å². The molecule has 7 nitrogen and oxygen atoms in total. The zero-order valence-corrected chi connectivity index (χ0v) is 14.0. The summed E-state index contributed by atoms with van der Waals surface area (Å²) < 4.78 is 5.67. The molecule has 1 aliphatic carbocycles. The second-order valence-electron chi connectivity index (χ2n) is 6.01. The minimum atomic E-state index is -0.761. The van der Waals surface area contributed by atoms with E-state index in [1.165, 1.54) is 30.4 Å². The summed E-state index contributed by atoms with van der Waals surface area (Å²) in [7, 11) is 1.49. The predicted octanol–water partition coefficient (Wildman–Crippen LogP) is 1.26. The maximum absolute atomic E-state index is 12.7. The van der Waals surface area contributed by atoms with Gasteiger partial charge in [0.2, 0.25) is 0 Å². The normalized spacial score (nSPS) is 14.5. The van der Waals surface area contributed by atoms with E-state index < -0.39 is 11.7 Å².